The summed E-state index contributed by atoms with van der Waals surface area (Å²) in [5.74, 6) is 0.595. The van der Waals surface area contributed by atoms with E-state index in [1.807, 2.05) is 74.5 Å². The molecule has 6 heteroatoms. The van der Waals surface area contributed by atoms with Gasteiger partial charge in [0.05, 0.1) is 6.61 Å². The summed E-state index contributed by atoms with van der Waals surface area (Å²) in [5, 5.41) is 9.66. The molecule has 29 heavy (non-hydrogen) atoms. The third-order valence-corrected chi connectivity index (χ3v) is 4.43. The van der Waals surface area contributed by atoms with Gasteiger partial charge < -0.3 is 20.7 Å². The van der Waals surface area contributed by atoms with Crippen molar-refractivity contribution in [1.82, 2.24) is 0 Å². The summed E-state index contributed by atoms with van der Waals surface area (Å²) in [4.78, 5) is 12.4. The summed E-state index contributed by atoms with van der Waals surface area (Å²) >= 11 is 5.37. The van der Waals surface area contributed by atoms with Crippen LogP contribution in [-0.4, -0.2) is 17.6 Å². The second kappa shape index (κ2) is 9.71. The van der Waals surface area contributed by atoms with Crippen molar-refractivity contribution in [3.63, 3.8) is 0 Å². The maximum absolute atomic E-state index is 12.4. The zero-order chi connectivity index (χ0) is 20.6. The molecule has 3 aromatic rings. The predicted octanol–water partition coefficient (Wildman–Crippen LogP) is 5.45. The van der Waals surface area contributed by atoms with Crippen LogP contribution >= 0.6 is 12.2 Å². The first-order valence-corrected chi connectivity index (χ1v) is 9.74. The lowest BCUT2D eigenvalue weighted by Crippen LogP contribution is -2.19. The Balaban J connectivity index is 1.57. The Labute approximate surface area is 176 Å². The molecule has 0 aliphatic carbocycles. The van der Waals surface area contributed by atoms with E-state index in [0.29, 0.717) is 23.0 Å². The Morgan fingerprint density at radius 1 is 0.862 bits per heavy atom. The Kier molecular flexibility index (Phi) is 6.81. The normalized spacial score (nSPS) is 10.1. The molecule has 0 bridgehead atoms. The summed E-state index contributed by atoms with van der Waals surface area (Å²) in [6.07, 6.45) is 0. The van der Waals surface area contributed by atoms with Crippen LogP contribution in [0.5, 0.6) is 5.75 Å². The molecule has 0 aliphatic rings. The van der Waals surface area contributed by atoms with Crippen molar-refractivity contribution >= 4 is 40.3 Å². The fourth-order valence-electron chi connectivity index (χ4n) is 2.71. The van der Waals surface area contributed by atoms with E-state index in [1.165, 1.54) is 0 Å². The quantitative estimate of drug-likeness (QED) is 0.476. The molecule has 0 radical (unpaired) electrons. The molecule has 3 rings (SSSR count). The number of ether oxygens (including phenoxy) is 1. The van der Waals surface area contributed by atoms with Crippen molar-refractivity contribution in [1.29, 1.82) is 0 Å². The zero-order valence-electron chi connectivity index (χ0n) is 16.4. The molecule has 0 saturated carbocycles. The molecule has 1 amide bonds. The van der Waals surface area contributed by atoms with Gasteiger partial charge in [-0.1, -0.05) is 18.2 Å². The number of hydrogen-bond acceptors (Lipinski definition) is 3. The Morgan fingerprint density at radius 2 is 1.48 bits per heavy atom. The summed E-state index contributed by atoms with van der Waals surface area (Å²) in [7, 11) is 0. The van der Waals surface area contributed by atoms with E-state index in [9.17, 15) is 4.79 Å². The standard InChI is InChI=1S/C23H23N3O2S/c1-3-28-20-14-12-18(13-15-20)24-22(27)17-8-10-19(11-9-17)25-23(29)26-21-7-5-4-6-16(21)2/h4-15H,3H2,1-2H3,(H,24,27)(H2,25,26,29). The SMILES string of the molecule is CCOc1ccc(NC(=O)c2ccc(NC(=S)Nc3ccccc3C)cc2)cc1. The lowest BCUT2D eigenvalue weighted by Gasteiger charge is -2.13. The number of para-hydroxylation sites is 1. The minimum atomic E-state index is -0.179. The van der Waals surface area contributed by atoms with E-state index in [4.69, 9.17) is 17.0 Å². The van der Waals surface area contributed by atoms with Crippen LogP contribution in [0.25, 0.3) is 0 Å². The van der Waals surface area contributed by atoms with Gasteiger partial charge in [0.25, 0.3) is 5.91 Å². The first-order chi connectivity index (χ1) is 14.0. The van der Waals surface area contributed by atoms with Crippen molar-refractivity contribution in [3.05, 3.63) is 83.9 Å². The highest BCUT2D eigenvalue weighted by Crippen LogP contribution is 2.18. The highest BCUT2D eigenvalue weighted by molar-refractivity contribution is 7.80. The minimum Gasteiger partial charge on any atom is -0.494 e. The van der Waals surface area contributed by atoms with Crippen LogP contribution in [0.3, 0.4) is 0 Å². The molecule has 5 nitrogen and oxygen atoms in total. The maximum atomic E-state index is 12.4. The maximum Gasteiger partial charge on any atom is 0.255 e. The number of benzene rings is 3. The van der Waals surface area contributed by atoms with Gasteiger partial charge in [-0.05, 0) is 86.2 Å². The average molecular weight is 406 g/mol. The van der Waals surface area contributed by atoms with Crippen molar-refractivity contribution in [3.8, 4) is 5.75 Å². The summed E-state index contributed by atoms with van der Waals surface area (Å²) in [5.41, 5.74) is 4.13. The molecular weight excluding hydrogens is 382 g/mol. The molecule has 0 heterocycles. The fourth-order valence-corrected chi connectivity index (χ4v) is 2.93. The van der Waals surface area contributed by atoms with Gasteiger partial charge in [0.1, 0.15) is 5.75 Å². The van der Waals surface area contributed by atoms with Crippen molar-refractivity contribution < 1.29 is 9.53 Å². The number of hydrogen-bond donors (Lipinski definition) is 3. The van der Waals surface area contributed by atoms with Crippen LogP contribution in [-0.2, 0) is 0 Å². The van der Waals surface area contributed by atoms with E-state index < -0.39 is 0 Å². The monoisotopic (exact) mass is 405 g/mol. The van der Waals surface area contributed by atoms with Gasteiger partial charge >= 0.3 is 0 Å². The predicted molar refractivity (Wildman–Crippen MR) is 123 cm³/mol. The first-order valence-electron chi connectivity index (χ1n) is 9.33. The Hall–Kier alpha value is -3.38. The van der Waals surface area contributed by atoms with Gasteiger partial charge in [-0.2, -0.15) is 0 Å². The molecule has 0 saturated heterocycles. The number of rotatable bonds is 6. The second-order valence-electron chi connectivity index (χ2n) is 6.38. The van der Waals surface area contributed by atoms with Crippen LogP contribution in [0.4, 0.5) is 17.1 Å². The Morgan fingerprint density at radius 3 is 2.14 bits per heavy atom. The molecule has 3 N–H and O–H groups in total. The highest BCUT2D eigenvalue weighted by Gasteiger charge is 2.07. The fraction of sp³-hybridized carbons (Fsp3) is 0.130. The van der Waals surface area contributed by atoms with Crippen molar-refractivity contribution in [2.45, 2.75) is 13.8 Å². The largest absolute Gasteiger partial charge is 0.494 e. The zero-order valence-corrected chi connectivity index (χ0v) is 17.2. The van der Waals surface area contributed by atoms with Crippen molar-refractivity contribution in [2.75, 3.05) is 22.6 Å². The van der Waals surface area contributed by atoms with Gasteiger partial charge in [-0.3, -0.25) is 4.79 Å². The van der Waals surface area contributed by atoms with Gasteiger partial charge in [0.2, 0.25) is 0 Å². The molecular formula is C23H23N3O2S. The third kappa shape index (κ3) is 5.80. The van der Waals surface area contributed by atoms with Crippen LogP contribution < -0.4 is 20.7 Å². The highest BCUT2D eigenvalue weighted by atomic mass is 32.1. The molecule has 0 fully saturated rings. The number of aryl methyl sites for hydroxylation is 1. The smallest absolute Gasteiger partial charge is 0.255 e. The van der Waals surface area contributed by atoms with Crippen LogP contribution in [0.2, 0.25) is 0 Å². The Bertz CT molecular complexity index is 986. The number of amides is 1. The topological polar surface area (TPSA) is 62.4 Å². The van der Waals surface area contributed by atoms with Crippen LogP contribution in [0.1, 0.15) is 22.8 Å². The van der Waals surface area contributed by atoms with Crippen LogP contribution in [0, 0.1) is 6.92 Å². The second-order valence-corrected chi connectivity index (χ2v) is 6.79. The average Bonchev–Trinajstić information content (AvgIpc) is 2.72. The number of carbonyl (C=O) groups excluding carboxylic acids is 1. The molecule has 0 spiro atoms. The lowest BCUT2D eigenvalue weighted by atomic mass is 10.2. The van der Waals surface area contributed by atoms with Crippen molar-refractivity contribution in [2.24, 2.45) is 0 Å². The molecule has 3 aromatic carbocycles. The van der Waals surface area contributed by atoms with E-state index >= 15 is 0 Å². The summed E-state index contributed by atoms with van der Waals surface area (Å²) in [6, 6.07) is 22.3. The number of carbonyl (C=O) groups is 1. The third-order valence-electron chi connectivity index (χ3n) is 4.22. The number of nitrogens with one attached hydrogen (secondary N) is 3. The number of anilines is 3. The molecule has 0 unspecified atom stereocenters. The summed E-state index contributed by atoms with van der Waals surface area (Å²) in [6.45, 7) is 4.55. The number of thiocarbonyl (C=S) groups is 1. The van der Waals surface area contributed by atoms with Gasteiger partial charge in [-0.25, -0.2) is 0 Å². The van der Waals surface area contributed by atoms with E-state index in [-0.39, 0.29) is 5.91 Å². The summed E-state index contributed by atoms with van der Waals surface area (Å²) < 4.78 is 5.40. The van der Waals surface area contributed by atoms with E-state index in [0.717, 1.165) is 22.7 Å². The lowest BCUT2D eigenvalue weighted by molar-refractivity contribution is 0.102. The van der Waals surface area contributed by atoms with Gasteiger partial charge in [0.15, 0.2) is 5.11 Å². The van der Waals surface area contributed by atoms with Gasteiger partial charge in [0, 0.05) is 22.6 Å². The van der Waals surface area contributed by atoms with E-state index in [1.54, 1.807) is 12.1 Å². The molecule has 0 atom stereocenters. The van der Waals surface area contributed by atoms with Crippen LogP contribution in [0.15, 0.2) is 72.8 Å². The van der Waals surface area contributed by atoms with E-state index in [2.05, 4.69) is 16.0 Å². The minimum absolute atomic E-state index is 0.179. The first kappa shape index (κ1) is 20.4. The molecule has 0 aromatic heterocycles. The molecule has 0 aliphatic heterocycles. The van der Waals surface area contributed by atoms with Gasteiger partial charge in [-0.15, -0.1) is 0 Å². The molecule has 148 valence electrons.